The molecule has 0 aliphatic carbocycles. The summed E-state index contributed by atoms with van der Waals surface area (Å²) in [7, 11) is 0. The zero-order chi connectivity index (χ0) is 30.8. The van der Waals surface area contributed by atoms with Crippen LogP contribution in [-0.4, -0.2) is 10.2 Å². The standard InChI is InChI=1S/C28H18O2.C16H10/c29-25-9-5-17(6-10-25)23-13-19-1-2-20-14-24(18-7-11-26(30)12-8-18)16-22-4-3-21(15-23)27(19)28(20)22;1-3-11-7-9-13-5-2-6-14-10-8-12(4-1)15(11)16(13)14/h1-16,29-30H;1-10H. The third-order valence-corrected chi connectivity index (χ3v) is 9.33. The van der Waals surface area contributed by atoms with Gasteiger partial charge in [-0.05, 0) is 135 Å². The first-order chi connectivity index (χ1) is 22.6. The third kappa shape index (κ3) is 4.27. The number of hydrogen-bond acceptors (Lipinski definition) is 2. The van der Waals surface area contributed by atoms with E-state index in [-0.39, 0.29) is 11.5 Å². The Kier molecular flexibility index (Phi) is 5.84. The first-order valence-corrected chi connectivity index (χ1v) is 15.5. The quantitative estimate of drug-likeness (QED) is 0.197. The van der Waals surface area contributed by atoms with E-state index in [1.807, 2.05) is 24.3 Å². The minimum atomic E-state index is 0.279. The summed E-state index contributed by atoms with van der Waals surface area (Å²) < 4.78 is 0. The molecule has 216 valence electrons. The Morgan fingerprint density at radius 3 is 0.804 bits per heavy atom. The maximum absolute atomic E-state index is 9.60. The lowest BCUT2D eigenvalue weighted by atomic mass is 9.89. The third-order valence-electron chi connectivity index (χ3n) is 9.33. The average molecular weight is 589 g/mol. The normalized spacial score (nSPS) is 11.7. The van der Waals surface area contributed by atoms with Crippen molar-refractivity contribution in [3.63, 3.8) is 0 Å². The molecule has 0 radical (unpaired) electrons. The summed E-state index contributed by atoms with van der Waals surface area (Å²) in [5.74, 6) is 0.557. The highest BCUT2D eigenvalue weighted by molar-refractivity contribution is 6.25. The zero-order valence-corrected chi connectivity index (χ0v) is 24.9. The molecule has 10 aromatic rings. The van der Waals surface area contributed by atoms with Crippen LogP contribution in [0.2, 0.25) is 0 Å². The van der Waals surface area contributed by atoms with E-state index in [2.05, 4.69) is 109 Å². The SMILES string of the molecule is Oc1ccc(-c2cc3ccc4cc(-c5ccc(O)cc5)cc5ccc(c2)c3c45)cc1.c1cc2ccc3cccc4ccc(c1)c2c34. The van der Waals surface area contributed by atoms with Gasteiger partial charge in [-0.25, -0.2) is 0 Å². The van der Waals surface area contributed by atoms with Gasteiger partial charge < -0.3 is 10.2 Å². The molecule has 0 fully saturated rings. The largest absolute Gasteiger partial charge is 0.508 e. The van der Waals surface area contributed by atoms with Crippen molar-refractivity contribution in [2.75, 3.05) is 0 Å². The van der Waals surface area contributed by atoms with E-state index in [1.54, 1.807) is 24.3 Å². The summed E-state index contributed by atoms with van der Waals surface area (Å²) >= 11 is 0. The lowest BCUT2D eigenvalue weighted by Gasteiger charge is -2.14. The molecule has 2 nitrogen and oxygen atoms in total. The number of aromatic hydroxyl groups is 2. The molecule has 0 unspecified atom stereocenters. The van der Waals surface area contributed by atoms with E-state index >= 15 is 0 Å². The topological polar surface area (TPSA) is 40.5 Å². The van der Waals surface area contributed by atoms with E-state index in [0.717, 1.165) is 22.3 Å². The van der Waals surface area contributed by atoms with Gasteiger partial charge in [0.15, 0.2) is 0 Å². The molecular formula is C44H28O2. The zero-order valence-electron chi connectivity index (χ0n) is 24.9. The second-order valence-electron chi connectivity index (χ2n) is 12.1. The molecule has 10 rings (SSSR count). The Labute approximate surface area is 265 Å². The summed E-state index contributed by atoms with van der Waals surface area (Å²) in [6, 6.07) is 54.2. The van der Waals surface area contributed by atoms with Crippen molar-refractivity contribution in [2.24, 2.45) is 0 Å². The molecule has 0 amide bonds. The smallest absolute Gasteiger partial charge is 0.115 e. The van der Waals surface area contributed by atoms with Crippen molar-refractivity contribution in [2.45, 2.75) is 0 Å². The van der Waals surface area contributed by atoms with Gasteiger partial charge in [0.25, 0.3) is 0 Å². The summed E-state index contributed by atoms with van der Waals surface area (Å²) in [4.78, 5) is 0. The van der Waals surface area contributed by atoms with Crippen molar-refractivity contribution < 1.29 is 10.2 Å². The number of phenols is 2. The van der Waals surface area contributed by atoms with Gasteiger partial charge in [-0.15, -0.1) is 0 Å². The Morgan fingerprint density at radius 2 is 0.500 bits per heavy atom. The summed E-state index contributed by atoms with van der Waals surface area (Å²) in [6.07, 6.45) is 0. The number of hydrogen-bond donors (Lipinski definition) is 2. The van der Waals surface area contributed by atoms with Gasteiger partial charge in [0.1, 0.15) is 11.5 Å². The summed E-state index contributed by atoms with van der Waals surface area (Å²) in [5, 5.41) is 34.8. The Morgan fingerprint density at radius 1 is 0.239 bits per heavy atom. The molecule has 0 saturated heterocycles. The molecule has 2 N–H and O–H groups in total. The van der Waals surface area contributed by atoms with Crippen LogP contribution in [0, 0.1) is 0 Å². The van der Waals surface area contributed by atoms with Gasteiger partial charge in [-0.2, -0.15) is 0 Å². The van der Waals surface area contributed by atoms with Crippen LogP contribution in [-0.2, 0) is 0 Å². The summed E-state index contributed by atoms with van der Waals surface area (Å²) in [5.41, 5.74) is 4.47. The highest BCUT2D eigenvalue weighted by atomic mass is 16.3. The van der Waals surface area contributed by atoms with E-state index in [4.69, 9.17) is 0 Å². The van der Waals surface area contributed by atoms with Crippen LogP contribution in [0.4, 0.5) is 0 Å². The Hall–Kier alpha value is -6.12. The van der Waals surface area contributed by atoms with E-state index < -0.39 is 0 Å². The van der Waals surface area contributed by atoms with Crippen molar-refractivity contribution in [1.82, 2.24) is 0 Å². The Balaban J connectivity index is 0.000000152. The fourth-order valence-electron chi connectivity index (χ4n) is 7.15. The van der Waals surface area contributed by atoms with Crippen molar-refractivity contribution in [1.29, 1.82) is 0 Å². The van der Waals surface area contributed by atoms with Crippen LogP contribution >= 0.6 is 0 Å². The average Bonchev–Trinajstić information content (AvgIpc) is 3.10. The van der Waals surface area contributed by atoms with Crippen molar-refractivity contribution >= 4 is 64.6 Å². The monoisotopic (exact) mass is 588 g/mol. The van der Waals surface area contributed by atoms with Crippen LogP contribution in [0.5, 0.6) is 11.5 Å². The van der Waals surface area contributed by atoms with Crippen LogP contribution in [0.1, 0.15) is 0 Å². The molecule has 0 aliphatic rings. The lowest BCUT2D eigenvalue weighted by Crippen LogP contribution is -1.87. The minimum absolute atomic E-state index is 0.279. The van der Waals surface area contributed by atoms with Gasteiger partial charge in [-0.3, -0.25) is 0 Å². The van der Waals surface area contributed by atoms with Gasteiger partial charge in [0.05, 0.1) is 0 Å². The second-order valence-corrected chi connectivity index (χ2v) is 12.1. The predicted molar refractivity (Wildman–Crippen MR) is 194 cm³/mol. The molecule has 0 aromatic heterocycles. The first-order valence-electron chi connectivity index (χ1n) is 15.5. The molecule has 0 heterocycles. The van der Waals surface area contributed by atoms with E-state index in [0.29, 0.717) is 0 Å². The number of rotatable bonds is 2. The molecule has 0 saturated carbocycles. The Bertz CT molecular complexity index is 2370. The van der Waals surface area contributed by atoms with E-state index in [1.165, 1.54) is 64.6 Å². The molecule has 0 spiro atoms. The molecular weight excluding hydrogens is 560 g/mol. The minimum Gasteiger partial charge on any atom is -0.508 e. The molecule has 2 heteroatoms. The molecule has 0 atom stereocenters. The molecule has 0 bridgehead atoms. The first kappa shape index (κ1) is 26.3. The van der Waals surface area contributed by atoms with Crippen LogP contribution in [0.15, 0.2) is 158 Å². The lowest BCUT2D eigenvalue weighted by molar-refractivity contribution is 0.475. The van der Waals surface area contributed by atoms with Gasteiger partial charge in [-0.1, -0.05) is 109 Å². The van der Waals surface area contributed by atoms with Gasteiger partial charge >= 0.3 is 0 Å². The fraction of sp³-hybridized carbons (Fsp3) is 0. The highest BCUT2D eigenvalue weighted by Gasteiger charge is 2.12. The van der Waals surface area contributed by atoms with Gasteiger partial charge in [0, 0.05) is 0 Å². The maximum Gasteiger partial charge on any atom is 0.115 e. The fourth-order valence-corrected chi connectivity index (χ4v) is 7.15. The maximum atomic E-state index is 9.60. The molecule has 0 aliphatic heterocycles. The molecule has 46 heavy (non-hydrogen) atoms. The van der Waals surface area contributed by atoms with E-state index in [9.17, 15) is 10.2 Å². The van der Waals surface area contributed by atoms with Crippen molar-refractivity contribution in [3.05, 3.63) is 158 Å². The molecule has 10 aromatic carbocycles. The number of phenolic OH excluding ortho intramolecular Hbond substituents is 2. The van der Waals surface area contributed by atoms with Crippen LogP contribution < -0.4 is 0 Å². The summed E-state index contributed by atoms with van der Waals surface area (Å²) in [6.45, 7) is 0. The van der Waals surface area contributed by atoms with Crippen LogP contribution in [0.3, 0.4) is 0 Å². The highest BCUT2D eigenvalue weighted by Crippen LogP contribution is 2.40. The van der Waals surface area contributed by atoms with Crippen molar-refractivity contribution in [3.8, 4) is 33.8 Å². The predicted octanol–water partition coefficient (Wildman–Crippen LogP) is 11.9. The van der Waals surface area contributed by atoms with Crippen LogP contribution in [0.25, 0.3) is 86.9 Å². The number of benzene rings is 10. The second kappa shape index (κ2) is 10.2. The van der Waals surface area contributed by atoms with Gasteiger partial charge in [0.2, 0.25) is 0 Å².